The van der Waals surface area contributed by atoms with E-state index in [2.05, 4.69) is 10.6 Å². The molecule has 3 N–H and O–H groups in total. The summed E-state index contributed by atoms with van der Waals surface area (Å²) >= 11 is 5.67. The van der Waals surface area contributed by atoms with Gasteiger partial charge in [0.15, 0.2) is 0 Å². The number of hydrogen-bond acceptors (Lipinski definition) is 3. The first-order valence-electron chi connectivity index (χ1n) is 5.63. The summed E-state index contributed by atoms with van der Waals surface area (Å²) in [5.41, 5.74) is 0.142. The van der Waals surface area contributed by atoms with Crippen molar-refractivity contribution in [2.75, 3.05) is 27.2 Å². The highest BCUT2D eigenvalue weighted by atomic mass is 35.5. The van der Waals surface area contributed by atoms with Gasteiger partial charge in [-0.15, -0.1) is 0 Å². The van der Waals surface area contributed by atoms with Gasteiger partial charge in [0.25, 0.3) is 5.91 Å². The van der Waals surface area contributed by atoms with Crippen LogP contribution < -0.4 is 10.6 Å². The maximum atomic E-state index is 11.7. The van der Waals surface area contributed by atoms with E-state index < -0.39 is 5.91 Å². The Bertz CT molecular complexity index is 477. The number of benzene rings is 1. The van der Waals surface area contributed by atoms with E-state index in [1.54, 1.807) is 14.1 Å². The lowest BCUT2D eigenvalue weighted by Crippen LogP contribution is -2.39. The van der Waals surface area contributed by atoms with Gasteiger partial charge in [-0.1, -0.05) is 11.6 Å². The van der Waals surface area contributed by atoms with E-state index in [1.165, 1.54) is 23.1 Å². The van der Waals surface area contributed by atoms with Gasteiger partial charge in [-0.3, -0.25) is 4.79 Å². The molecular weight excluding hydrogens is 270 g/mol. The van der Waals surface area contributed by atoms with Crippen LogP contribution in [0.15, 0.2) is 18.2 Å². The number of phenolic OH excluding ortho intramolecular Hbond substituents is 1. The summed E-state index contributed by atoms with van der Waals surface area (Å²) in [6.45, 7) is 0.567. The molecular formula is C12H16ClN3O3. The van der Waals surface area contributed by atoms with Crippen LogP contribution in [-0.2, 0) is 0 Å². The summed E-state index contributed by atoms with van der Waals surface area (Å²) < 4.78 is 0. The molecule has 0 saturated heterocycles. The third-order valence-electron chi connectivity index (χ3n) is 2.30. The van der Waals surface area contributed by atoms with Crippen molar-refractivity contribution in [2.24, 2.45) is 0 Å². The van der Waals surface area contributed by atoms with Crippen LogP contribution in [0.3, 0.4) is 0 Å². The number of carbonyl (C=O) groups excluding carboxylic acids is 2. The standard InChI is InChI=1S/C12H16ClN3O3/c1-16(2)12(19)15-6-5-14-11(18)9-4-3-8(13)7-10(9)17/h3-4,7,17H,5-6H2,1-2H3,(H,14,18)(H,15,19). The van der Waals surface area contributed by atoms with Crippen molar-refractivity contribution in [1.82, 2.24) is 15.5 Å². The van der Waals surface area contributed by atoms with E-state index in [1.807, 2.05) is 0 Å². The monoisotopic (exact) mass is 285 g/mol. The topological polar surface area (TPSA) is 81.7 Å². The van der Waals surface area contributed by atoms with E-state index in [-0.39, 0.29) is 23.9 Å². The second-order valence-corrected chi connectivity index (χ2v) is 4.48. The van der Waals surface area contributed by atoms with Crippen LogP contribution >= 0.6 is 11.6 Å². The number of halogens is 1. The molecule has 6 nitrogen and oxygen atoms in total. The first kappa shape index (κ1) is 15.1. The van der Waals surface area contributed by atoms with E-state index >= 15 is 0 Å². The molecule has 7 heteroatoms. The zero-order chi connectivity index (χ0) is 14.4. The fourth-order valence-corrected chi connectivity index (χ4v) is 1.46. The van der Waals surface area contributed by atoms with Crippen molar-refractivity contribution in [3.63, 3.8) is 0 Å². The summed E-state index contributed by atoms with van der Waals surface area (Å²) in [5.74, 6) is -0.601. The van der Waals surface area contributed by atoms with Crippen molar-refractivity contribution in [3.8, 4) is 5.75 Å². The first-order valence-corrected chi connectivity index (χ1v) is 6.01. The Labute approximate surface area is 116 Å². The van der Waals surface area contributed by atoms with E-state index in [4.69, 9.17) is 11.6 Å². The number of carbonyl (C=O) groups is 2. The van der Waals surface area contributed by atoms with Crippen LogP contribution in [-0.4, -0.2) is 49.1 Å². The Morgan fingerprint density at radius 3 is 2.47 bits per heavy atom. The number of urea groups is 1. The summed E-state index contributed by atoms with van der Waals surface area (Å²) in [7, 11) is 3.25. The van der Waals surface area contributed by atoms with Gasteiger partial charge in [0.1, 0.15) is 5.75 Å². The van der Waals surface area contributed by atoms with Crippen molar-refractivity contribution >= 4 is 23.5 Å². The molecule has 0 bridgehead atoms. The van der Waals surface area contributed by atoms with Crippen LogP contribution in [0.4, 0.5) is 4.79 Å². The Hall–Kier alpha value is -1.95. The fraction of sp³-hybridized carbons (Fsp3) is 0.333. The Kier molecular flexibility index (Phi) is 5.44. The zero-order valence-corrected chi connectivity index (χ0v) is 11.5. The predicted octanol–water partition coefficient (Wildman–Crippen LogP) is 1.05. The molecule has 0 aliphatic rings. The lowest BCUT2D eigenvalue weighted by molar-refractivity contribution is 0.0951. The SMILES string of the molecule is CN(C)C(=O)NCCNC(=O)c1ccc(Cl)cc1O. The molecule has 19 heavy (non-hydrogen) atoms. The molecule has 0 aliphatic carbocycles. The molecule has 104 valence electrons. The highest BCUT2D eigenvalue weighted by Crippen LogP contribution is 2.21. The molecule has 0 spiro atoms. The van der Waals surface area contributed by atoms with Gasteiger partial charge in [-0.25, -0.2) is 4.79 Å². The van der Waals surface area contributed by atoms with Gasteiger partial charge >= 0.3 is 6.03 Å². The van der Waals surface area contributed by atoms with Crippen molar-refractivity contribution < 1.29 is 14.7 Å². The van der Waals surface area contributed by atoms with Crippen molar-refractivity contribution in [1.29, 1.82) is 0 Å². The van der Waals surface area contributed by atoms with Gasteiger partial charge in [0, 0.05) is 32.2 Å². The molecule has 1 aromatic rings. The van der Waals surface area contributed by atoms with Gasteiger partial charge in [0.05, 0.1) is 5.56 Å². The number of hydrogen-bond donors (Lipinski definition) is 3. The molecule has 1 rings (SSSR count). The van der Waals surface area contributed by atoms with Crippen LogP contribution in [0.5, 0.6) is 5.75 Å². The molecule has 1 aromatic carbocycles. The second-order valence-electron chi connectivity index (χ2n) is 4.04. The number of nitrogens with zero attached hydrogens (tertiary/aromatic N) is 1. The molecule has 0 atom stereocenters. The predicted molar refractivity (Wildman–Crippen MR) is 72.5 cm³/mol. The number of rotatable bonds is 4. The van der Waals surface area contributed by atoms with E-state index in [9.17, 15) is 14.7 Å². The molecule has 3 amide bonds. The summed E-state index contributed by atoms with van der Waals surface area (Å²) in [6, 6.07) is 4.02. The molecule has 0 unspecified atom stereocenters. The van der Waals surface area contributed by atoms with E-state index in [0.29, 0.717) is 11.6 Å². The minimum atomic E-state index is -0.423. The maximum absolute atomic E-state index is 11.7. The largest absolute Gasteiger partial charge is 0.507 e. The number of amides is 3. The highest BCUT2D eigenvalue weighted by Gasteiger charge is 2.10. The summed E-state index contributed by atoms with van der Waals surface area (Å²) in [4.78, 5) is 24.3. The smallest absolute Gasteiger partial charge is 0.316 e. The molecule has 0 heterocycles. The average molecular weight is 286 g/mol. The Balaban J connectivity index is 2.41. The second kappa shape index (κ2) is 6.84. The normalized spacial score (nSPS) is 9.84. The molecule has 0 aliphatic heterocycles. The lowest BCUT2D eigenvalue weighted by Gasteiger charge is -2.12. The fourth-order valence-electron chi connectivity index (χ4n) is 1.30. The van der Waals surface area contributed by atoms with Crippen LogP contribution in [0.25, 0.3) is 0 Å². The van der Waals surface area contributed by atoms with Gasteiger partial charge in [0.2, 0.25) is 0 Å². The van der Waals surface area contributed by atoms with Crippen molar-refractivity contribution in [3.05, 3.63) is 28.8 Å². The van der Waals surface area contributed by atoms with Crippen LogP contribution in [0.1, 0.15) is 10.4 Å². The number of phenols is 1. The zero-order valence-electron chi connectivity index (χ0n) is 10.7. The molecule has 0 radical (unpaired) electrons. The van der Waals surface area contributed by atoms with Gasteiger partial charge in [-0.2, -0.15) is 0 Å². The Morgan fingerprint density at radius 2 is 1.89 bits per heavy atom. The van der Waals surface area contributed by atoms with Gasteiger partial charge < -0.3 is 20.6 Å². The third-order valence-corrected chi connectivity index (χ3v) is 2.53. The summed E-state index contributed by atoms with van der Waals surface area (Å²) in [5, 5.41) is 15.1. The highest BCUT2D eigenvalue weighted by molar-refractivity contribution is 6.30. The van der Waals surface area contributed by atoms with Crippen molar-refractivity contribution in [2.45, 2.75) is 0 Å². The van der Waals surface area contributed by atoms with Crippen LogP contribution in [0.2, 0.25) is 5.02 Å². The lowest BCUT2D eigenvalue weighted by atomic mass is 10.2. The minimum absolute atomic E-state index is 0.142. The third kappa shape index (κ3) is 4.67. The quantitative estimate of drug-likeness (QED) is 0.723. The number of nitrogens with one attached hydrogen (secondary N) is 2. The molecule has 0 aromatic heterocycles. The average Bonchev–Trinajstić information content (AvgIpc) is 2.33. The summed E-state index contributed by atoms with van der Waals surface area (Å²) in [6.07, 6.45) is 0. The number of aromatic hydroxyl groups is 1. The minimum Gasteiger partial charge on any atom is -0.507 e. The van der Waals surface area contributed by atoms with E-state index in [0.717, 1.165) is 0 Å². The van der Waals surface area contributed by atoms with Gasteiger partial charge in [-0.05, 0) is 18.2 Å². The first-order chi connectivity index (χ1) is 8.91. The van der Waals surface area contributed by atoms with Crippen LogP contribution in [0, 0.1) is 0 Å². The Morgan fingerprint density at radius 1 is 1.26 bits per heavy atom. The molecule has 0 fully saturated rings. The maximum Gasteiger partial charge on any atom is 0.316 e. The molecule has 0 saturated carbocycles.